The van der Waals surface area contributed by atoms with Gasteiger partial charge in [0.15, 0.2) is 23.3 Å². The smallest absolute Gasteiger partial charge is 0.174 e. The van der Waals surface area contributed by atoms with Crippen molar-refractivity contribution in [3.05, 3.63) is 26.8 Å². The molecule has 0 radical (unpaired) electrons. The van der Waals surface area contributed by atoms with Crippen LogP contribution < -0.4 is 5.11 Å². The predicted octanol–water partition coefficient (Wildman–Crippen LogP) is 1.92. The number of halogens is 5. The van der Waals surface area contributed by atoms with Gasteiger partial charge >= 0.3 is 0 Å². The van der Waals surface area contributed by atoms with Crippen LogP contribution in [0.5, 0.6) is 5.75 Å². The molecule has 0 atom stereocenters. The first kappa shape index (κ1) is 9.56. The van der Waals surface area contributed by atoms with Crippen molar-refractivity contribution in [1.29, 1.82) is 0 Å². The Morgan fingerprint density at radius 1 is 0.833 bits per heavy atom. The van der Waals surface area contributed by atoms with E-state index in [9.17, 15) is 22.7 Å². The summed E-state index contributed by atoms with van der Waals surface area (Å²) in [6, 6.07) is 0. The lowest BCUT2D eigenvalue weighted by Crippen LogP contribution is -2.06. The number of hydrogen-bond acceptors (Lipinski definition) is 1. The van der Waals surface area contributed by atoms with Gasteiger partial charge in [-0.3, -0.25) is 0 Å². The van der Waals surface area contributed by atoms with Crippen LogP contribution in [0.25, 0.3) is 0 Å². The van der Waals surface area contributed by atoms with Gasteiger partial charge in [0.05, 0.1) is 3.57 Å². The molecule has 0 amide bonds. The first-order valence-electron chi connectivity index (χ1n) is 2.65. The normalized spacial score (nSPS) is 10.4. The largest absolute Gasteiger partial charge is 0.868 e. The maximum atomic E-state index is 12.4. The molecule has 0 fully saturated rings. The molecule has 0 saturated heterocycles. The molecule has 1 rings (SSSR count). The molecular weight excluding hydrogens is 291 g/mol. The molecule has 0 saturated carbocycles. The van der Waals surface area contributed by atoms with Crippen LogP contribution in [-0.4, -0.2) is 0 Å². The maximum absolute atomic E-state index is 12.4. The summed E-state index contributed by atoms with van der Waals surface area (Å²) in [7, 11) is 0. The quantitative estimate of drug-likeness (QED) is 0.310. The molecule has 0 heterocycles. The fourth-order valence-electron chi connectivity index (χ4n) is 0.585. The lowest BCUT2D eigenvalue weighted by atomic mass is 10.3. The Hall–Kier alpha value is -0.530. The Morgan fingerprint density at radius 3 is 1.50 bits per heavy atom. The van der Waals surface area contributed by atoms with Crippen LogP contribution in [0.2, 0.25) is 0 Å². The van der Waals surface area contributed by atoms with Gasteiger partial charge in [0, 0.05) is 0 Å². The highest BCUT2D eigenvalue weighted by Crippen LogP contribution is 2.27. The zero-order valence-corrected chi connectivity index (χ0v) is 7.46. The summed E-state index contributed by atoms with van der Waals surface area (Å²) in [5.41, 5.74) is 0. The fourth-order valence-corrected chi connectivity index (χ4v) is 1.06. The van der Waals surface area contributed by atoms with Crippen LogP contribution in [0.4, 0.5) is 17.6 Å². The first-order chi connectivity index (χ1) is 5.46. The molecule has 12 heavy (non-hydrogen) atoms. The third kappa shape index (κ3) is 1.23. The summed E-state index contributed by atoms with van der Waals surface area (Å²) in [5, 5.41) is 10.3. The molecule has 0 N–H and O–H groups in total. The van der Waals surface area contributed by atoms with Crippen molar-refractivity contribution in [2.75, 3.05) is 0 Å². The molecule has 1 nitrogen and oxygen atoms in total. The fraction of sp³-hybridized carbons (Fsp3) is 0. The molecule has 0 bridgehead atoms. The number of rotatable bonds is 0. The first-order valence-corrected chi connectivity index (χ1v) is 3.73. The summed E-state index contributed by atoms with van der Waals surface area (Å²) in [5.74, 6) is -8.97. The Kier molecular flexibility index (Phi) is 2.45. The van der Waals surface area contributed by atoms with Gasteiger partial charge < -0.3 is 5.11 Å². The van der Waals surface area contributed by atoms with Crippen molar-refractivity contribution in [1.82, 2.24) is 0 Å². The van der Waals surface area contributed by atoms with E-state index in [1.54, 1.807) is 0 Å². The standard InChI is InChI=1S/C6HF4IO/c7-1-3(9)6(12)4(10)2(8)5(1)11/h12H/p-1. The van der Waals surface area contributed by atoms with Crippen molar-refractivity contribution < 1.29 is 22.7 Å². The second-order valence-electron chi connectivity index (χ2n) is 1.90. The average Bonchev–Trinajstić information content (AvgIpc) is 2.08. The summed E-state index contributed by atoms with van der Waals surface area (Å²) < 4.78 is 48.7. The van der Waals surface area contributed by atoms with Gasteiger partial charge in [-0.15, -0.1) is 0 Å². The third-order valence-electron chi connectivity index (χ3n) is 1.17. The second-order valence-corrected chi connectivity index (χ2v) is 2.98. The Labute approximate surface area is 78.1 Å². The molecule has 0 aliphatic heterocycles. The van der Waals surface area contributed by atoms with Crippen molar-refractivity contribution in [2.45, 2.75) is 0 Å². The van der Waals surface area contributed by atoms with E-state index in [0.29, 0.717) is 0 Å². The minimum Gasteiger partial charge on any atom is -0.868 e. The molecule has 0 aliphatic carbocycles. The number of benzene rings is 1. The van der Waals surface area contributed by atoms with Crippen LogP contribution in [-0.2, 0) is 0 Å². The van der Waals surface area contributed by atoms with Crippen molar-refractivity contribution in [3.63, 3.8) is 0 Å². The van der Waals surface area contributed by atoms with Gasteiger partial charge in [0.2, 0.25) is 0 Å². The number of hydrogen-bond donors (Lipinski definition) is 0. The molecule has 1 aromatic rings. The summed E-state index contributed by atoms with van der Waals surface area (Å²) >= 11 is 1.07. The van der Waals surface area contributed by atoms with E-state index in [1.165, 1.54) is 0 Å². The van der Waals surface area contributed by atoms with E-state index in [0.717, 1.165) is 22.6 Å². The molecule has 66 valence electrons. The maximum Gasteiger partial charge on any atom is 0.174 e. The van der Waals surface area contributed by atoms with Gasteiger partial charge in [-0.1, -0.05) is 0 Å². The molecular formula is C6F4IO-. The van der Waals surface area contributed by atoms with E-state index >= 15 is 0 Å². The van der Waals surface area contributed by atoms with E-state index in [2.05, 4.69) is 0 Å². The lowest BCUT2D eigenvalue weighted by molar-refractivity contribution is -0.277. The SMILES string of the molecule is [O-]c1c(F)c(F)c(I)c(F)c1F. The molecule has 0 unspecified atom stereocenters. The van der Waals surface area contributed by atoms with E-state index < -0.39 is 32.6 Å². The van der Waals surface area contributed by atoms with E-state index in [4.69, 9.17) is 0 Å². The van der Waals surface area contributed by atoms with Crippen LogP contribution >= 0.6 is 22.6 Å². The average molecular weight is 291 g/mol. The van der Waals surface area contributed by atoms with Crippen LogP contribution in [0, 0.1) is 26.8 Å². The zero-order chi connectivity index (χ0) is 9.46. The highest BCUT2D eigenvalue weighted by molar-refractivity contribution is 14.1. The lowest BCUT2D eigenvalue weighted by Gasteiger charge is -2.10. The van der Waals surface area contributed by atoms with Crippen LogP contribution in [0.1, 0.15) is 0 Å². The molecule has 0 aliphatic rings. The molecule has 6 heteroatoms. The van der Waals surface area contributed by atoms with Crippen LogP contribution in [0.15, 0.2) is 0 Å². The van der Waals surface area contributed by atoms with Gasteiger partial charge in [-0.25, -0.2) is 17.6 Å². The Bertz CT molecular complexity index is 234. The zero-order valence-electron chi connectivity index (χ0n) is 5.30. The summed E-state index contributed by atoms with van der Waals surface area (Å²) in [6.45, 7) is 0. The van der Waals surface area contributed by atoms with Crippen molar-refractivity contribution in [2.24, 2.45) is 0 Å². The third-order valence-corrected chi connectivity index (χ3v) is 2.12. The van der Waals surface area contributed by atoms with Crippen molar-refractivity contribution >= 4 is 22.6 Å². The topological polar surface area (TPSA) is 23.1 Å². The summed E-state index contributed by atoms with van der Waals surface area (Å²) in [6.07, 6.45) is 0. The van der Waals surface area contributed by atoms with E-state index in [1.807, 2.05) is 0 Å². The second kappa shape index (κ2) is 3.08. The van der Waals surface area contributed by atoms with Crippen molar-refractivity contribution in [3.8, 4) is 5.75 Å². The highest BCUT2D eigenvalue weighted by Gasteiger charge is 2.18. The molecule has 1 aromatic carbocycles. The van der Waals surface area contributed by atoms with Gasteiger partial charge in [0.25, 0.3) is 0 Å². The molecule has 0 spiro atoms. The molecule has 0 aromatic heterocycles. The monoisotopic (exact) mass is 291 g/mol. The minimum atomic E-state index is -1.89. The van der Waals surface area contributed by atoms with E-state index in [-0.39, 0.29) is 0 Å². The van der Waals surface area contributed by atoms with Gasteiger partial charge in [-0.05, 0) is 28.3 Å². The minimum absolute atomic E-state index is 0.859. The van der Waals surface area contributed by atoms with Gasteiger partial charge in [-0.2, -0.15) is 0 Å². The highest BCUT2D eigenvalue weighted by atomic mass is 127. The summed E-state index contributed by atoms with van der Waals surface area (Å²) in [4.78, 5) is 0. The van der Waals surface area contributed by atoms with Crippen LogP contribution in [0.3, 0.4) is 0 Å². The predicted molar refractivity (Wildman–Crippen MR) is 38.4 cm³/mol. The van der Waals surface area contributed by atoms with Gasteiger partial charge in [0.1, 0.15) is 0 Å². The Morgan fingerprint density at radius 2 is 1.17 bits per heavy atom. The Balaban J connectivity index is 3.60.